The average Bonchev–Trinajstić information content (AvgIpc) is 3.31. The maximum atomic E-state index is 13.3. The van der Waals surface area contributed by atoms with E-state index in [4.69, 9.17) is 11.6 Å². The Morgan fingerprint density at radius 1 is 1.00 bits per heavy atom. The highest BCUT2D eigenvalue weighted by Crippen LogP contribution is 2.37. The number of aromatic nitrogens is 2. The van der Waals surface area contributed by atoms with Gasteiger partial charge >= 0.3 is 0 Å². The molecular formula is C26H23ClN4O2S3. The average molecular weight is 555 g/mol. The summed E-state index contributed by atoms with van der Waals surface area (Å²) in [6, 6.07) is 24.3. The van der Waals surface area contributed by atoms with Crippen molar-refractivity contribution in [3.05, 3.63) is 95.0 Å². The number of nitrogens with zero attached hydrogens (tertiary/aromatic N) is 2. The molecule has 3 aromatic carbocycles. The third kappa shape index (κ3) is 7.57. The van der Waals surface area contributed by atoms with E-state index >= 15 is 0 Å². The van der Waals surface area contributed by atoms with Crippen molar-refractivity contribution in [1.29, 1.82) is 0 Å². The number of hydrogen-bond donors (Lipinski definition) is 2. The van der Waals surface area contributed by atoms with Crippen LogP contribution in [0.1, 0.15) is 23.3 Å². The zero-order valence-electron chi connectivity index (χ0n) is 19.3. The van der Waals surface area contributed by atoms with Crippen molar-refractivity contribution < 1.29 is 9.59 Å². The predicted octanol–water partition coefficient (Wildman–Crippen LogP) is 6.96. The number of carbonyl (C=O) groups excluding carboxylic acids is 2. The highest BCUT2D eigenvalue weighted by molar-refractivity contribution is 8.00. The van der Waals surface area contributed by atoms with Gasteiger partial charge < -0.3 is 5.32 Å². The zero-order valence-corrected chi connectivity index (χ0v) is 22.5. The normalized spacial score (nSPS) is 11.6. The largest absolute Gasteiger partial charge is 0.326 e. The SMILES string of the molecule is CCSc1nsc(NC(=O)C(Sc2cccc(NC(=O)Cc3ccc(Cl)cc3)c2)c2ccccc2)n1. The fourth-order valence-corrected chi connectivity index (χ4v) is 5.78. The molecule has 0 radical (unpaired) electrons. The van der Waals surface area contributed by atoms with Gasteiger partial charge in [0, 0.05) is 27.1 Å². The lowest BCUT2D eigenvalue weighted by Crippen LogP contribution is -2.19. The van der Waals surface area contributed by atoms with Gasteiger partial charge in [0.25, 0.3) is 0 Å². The lowest BCUT2D eigenvalue weighted by molar-refractivity contribution is -0.116. The predicted molar refractivity (Wildman–Crippen MR) is 150 cm³/mol. The summed E-state index contributed by atoms with van der Waals surface area (Å²) in [4.78, 5) is 31.1. The maximum absolute atomic E-state index is 13.3. The van der Waals surface area contributed by atoms with Gasteiger partial charge in [-0.05, 0) is 47.2 Å². The highest BCUT2D eigenvalue weighted by atomic mass is 35.5. The van der Waals surface area contributed by atoms with Gasteiger partial charge in [0.05, 0.1) is 6.42 Å². The second-order valence-corrected chi connectivity index (χ2v) is 11.2. The highest BCUT2D eigenvalue weighted by Gasteiger charge is 2.23. The molecule has 0 fully saturated rings. The number of benzene rings is 3. The lowest BCUT2D eigenvalue weighted by Gasteiger charge is -2.16. The van der Waals surface area contributed by atoms with E-state index in [9.17, 15) is 9.59 Å². The van der Waals surface area contributed by atoms with Crippen molar-refractivity contribution in [2.75, 3.05) is 16.4 Å². The Bertz CT molecular complexity index is 1320. The molecule has 4 rings (SSSR count). The van der Waals surface area contributed by atoms with Gasteiger partial charge in [0.15, 0.2) is 0 Å². The van der Waals surface area contributed by atoms with Gasteiger partial charge in [-0.3, -0.25) is 14.9 Å². The molecule has 1 aromatic heterocycles. The van der Waals surface area contributed by atoms with Gasteiger partial charge in [-0.25, -0.2) is 0 Å². The van der Waals surface area contributed by atoms with Crippen LogP contribution >= 0.6 is 46.7 Å². The van der Waals surface area contributed by atoms with Crippen LogP contribution in [0, 0.1) is 0 Å². The summed E-state index contributed by atoms with van der Waals surface area (Å²) >= 11 is 10.0. The molecule has 1 atom stereocenters. The first kappa shape index (κ1) is 26.2. The number of rotatable bonds is 10. The van der Waals surface area contributed by atoms with E-state index in [1.165, 1.54) is 35.1 Å². The summed E-state index contributed by atoms with van der Waals surface area (Å²) in [6.45, 7) is 2.03. The van der Waals surface area contributed by atoms with E-state index in [2.05, 4.69) is 20.0 Å². The smallest absolute Gasteiger partial charge is 0.244 e. The Kier molecular flexibility index (Phi) is 9.41. The Morgan fingerprint density at radius 3 is 2.53 bits per heavy atom. The second kappa shape index (κ2) is 12.9. The van der Waals surface area contributed by atoms with Gasteiger partial charge in [-0.1, -0.05) is 78.8 Å². The van der Waals surface area contributed by atoms with E-state index in [0.29, 0.717) is 21.0 Å². The van der Waals surface area contributed by atoms with Crippen molar-refractivity contribution >= 4 is 69.3 Å². The monoisotopic (exact) mass is 554 g/mol. The molecule has 1 unspecified atom stereocenters. The summed E-state index contributed by atoms with van der Waals surface area (Å²) < 4.78 is 4.27. The molecule has 1 heterocycles. The molecule has 0 bridgehead atoms. The second-order valence-electron chi connectivity index (χ2n) is 7.59. The summed E-state index contributed by atoms with van der Waals surface area (Å²) in [7, 11) is 0. The maximum Gasteiger partial charge on any atom is 0.244 e. The van der Waals surface area contributed by atoms with Crippen molar-refractivity contribution in [1.82, 2.24) is 9.36 Å². The molecule has 2 N–H and O–H groups in total. The number of hydrogen-bond acceptors (Lipinski definition) is 7. The molecule has 4 aromatic rings. The van der Waals surface area contributed by atoms with Crippen LogP contribution < -0.4 is 10.6 Å². The van der Waals surface area contributed by atoms with Crippen LogP contribution in [0.4, 0.5) is 10.8 Å². The summed E-state index contributed by atoms with van der Waals surface area (Å²) in [5.41, 5.74) is 2.40. The van der Waals surface area contributed by atoms with Crippen LogP contribution in [0.5, 0.6) is 0 Å². The minimum atomic E-state index is -0.516. The van der Waals surface area contributed by atoms with Crippen LogP contribution in [0.3, 0.4) is 0 Å². The molecule has 10 heteroatoms. The van der Waals surface area contributed by atoms with E-state index in [-0.39, 0.29) is 18.2 Å². The number of nitrogens with one attached hydrogen (secondary N) is 2. The standard InChI is InChI=1S/C26H23ClN4O2S3/c1-2-34-26-30-25(36-31-26)29-24(33)23(18-7-4-3-5-8-18)35-21-10-6-9-20(16-21)28-22(32)15-17-11-13-19(27)14-12-17/h3-14,16,23H,2,15H2,1H3,(H,28,32)(H,29,30,31,33). The molecular weight excluding hydrogens is 532 g/mol. The van der Waals surface area contributed by atoms with Gasteiger partial charge in [0.2, 0.25) is 22.1 Å². The number of thioether (sulfide) groups is 2. The topological polar surface area (TPSA) is 84.0 Å². The third-order valence-electron chi connectivity index (χ3n) is 4.90. The van der Waals surface area contributed by atoms with Crippen molar-refractivity contribution in [3.63, 3.8) is 0 Å². The Morgan fingerprint density at radius 2 is 1.78 bits per heavy atom. The Hall–Kier alpha value is -2.85. The van der Waals surface area contributed by atoms with E-state index < -0.39 is 5.25 Å². The molecule has 0 spiro atoms. The number of halogens is 1. The first-order valence-electron chi connectivity index (χ1n) is 11.1. The summed E-state index contributed by atoms with van der Waals surface area (Å²) in [6.07, 6.45) is 0.240. The first-order valence-corrected chi connectivity index (χ1v) is 14.1. The fourth-order valence-electron chi connectivity index (χ4n) is 3.30. The molecule has 0 aliphatic heterocycles. The van der Waals surface area contributed by atoms with Gasteiger partial charge in [0.1, 0.15) is 5.25 Å². The van der Waals surface area contributed by atoms with Gasteiger partial charge in [-0.2, -0.15) is 9.36 Å². The van der Waals surface area contributed by atoms with Crippen molar-refractivity contribution in [2.24, 2.45) is 0 Å². The molecule has 0 saturated heterocycles. The Labute approximate surface area is 227 Å². The van der Waals surface area contributed by atoms with Crippen molar-refractivity contribution in [3.8, 4) is 0 Å². The van der Waals surface area contributed by atoms with Crippen molar-refractivity contribution in [2.45, 2.75) is 28.6 Å². The lowest BCUT2D eigenvalue weighted by atomic mass is 10.1. The van der Waals surface area contributed by atoms with E-state index in [1.807, 2.05) is 73.7 Å². The molecule has 184 valence electrons. The minimum absolute atomic E-state index is 0.131. The molecule has 0 saturated carbocycles. The molecule has 36 heavy (non-hydrogen) atoms. The number of carbonyl (C=O) groups is 2. The van der Waals surface area contributed by atoms with E-state index in [1.54, 1.807) is 12.1 Å². The van der Waals surface area contributed by atoms with E-state index in [0.717, 1.165) is 21.8 Å². The van der Waals surface area contributed by atoms with Crippen LogP contribution in [0.25, 0.3) is 0 Å². The van der Waals surface area contributed by atoms with Crippen LogP contribution in [0.15, 0.2) is 88.9 Å². The summed E-state index contributed by atoms with van der Waals surface area (Å²) in [5.74, 6) is 0.542. The van der Waals surface area contributed by atoms with Crippen LogP contribution in [-0.4, -0.2) is 26.9 Å². The number of amides is 2. The molecule has 0 aliphatic rings. The quantitative estimate of drug-likeness (QED) is 0.206. The third-order valence-corrected chi connectivity index (χ3v) is 7.88. The summed E-state index contributed by atoms with van der Waals surface area (Å²) in [5, 5.41) is 7.09. The van der Waals surface area contributed by atoms with Crippen LogP contribution in [-0.2, 0) is 16.0 Å². The Balaban J connectivity index is 1.47. The molecule has 2 amide bonds. The molecule has 0 aliphatic carbocycles. The molecule has 6 nitrogen and oxygen atoms in total. The van der Waals surface area contributed by atoms with Gasteiger partial charge in [-0.15, -0.1) is 11.8 Å². The zero-order chi connectivity index (χ0) is 25.3. The number of anilines is 2. The fraction of sp³-hybridized carbons (Fsp3) is 0.154. The minimum Gasteiger partial charge on any atom is -0.326 e. The first-order chi connectivity index (χ1) is 17.5. The van der Waals surface area contributed by atoms with Crippen LogP contribution in [0.2, 0.25) is 5.02 Å².